The molecular weight excluding hydrogens is 284 g/mol. The molecule has 2 atom stereocenters. The summed E-state index contributed by atoms with van der Waals surface area (Å²) in [7, 11) is -3.61. The molecule has 8 heteroatoms. The van der Waals surface area contributed by atoms with Gasteiger partial charge >= 0.3 is 5.97 Å². The fraction of sp³-hybridized carbons (Fsp3) is 0.917. The molecule has 0 radical (unpaired) electrons. The minimum Gasteiger partial charge on any atom is -0.481 e. The third-order valence-electron chi connectivity index (χ3n) is 3.94. The van der Waals surface area contributed by atoms with E-state index >= 15 is 0 Å². The molecule has 0 aromatic rings. The van der Waals surface area contributed by atoms with Crippen LogP contribution in [0.25, 0.3) is 0 Å². The molecule has 0 unspecified atom stereocenters. The zero-order chi connectivity index (χ0) is 15.1. The molecule has 2 fully saturated rings. The van der Waals surface area contributed by atoms with Gasteiger partial charge in [0, 0.05) is 26.2 Å². The summed E-state index contributed by atoms with van der Waals surface area (Å²) in [6.07, 6.45) is 0. The van der Waals surface area contributed by atoms with Crippen LogP contribution < -0.4 is 0 Å². The van der Waals surface area contributed by atoms with Crippen molar-refractivity contribution in [1.29, 1.82) is 0 Å². The van der Waals surface area contributed by atoms with Crippen molar-refractivity contribution in [3.05, 3.63) is 0 Å². The highest BCUT2D eigenvalue weighted by molar-refractivity contribution is 7.86. The quantitative estimate of drug-likeness (QED) is 0.793. The number of carboxylic acids is 1. The van der Waals surface area contributed by atoms with E-state index < -0.39 is 27.7 Å². The monoisotopic (exact) mass is 306 g/mol. The number of hydrogen-bond acceptors (Lipinski definition) is 4. The minimum atomic E-state index is -3.61. The highest BCUT2D eigenvalue weighted by atomic mass is 32.2. The first-order chi connectivity index (χ1) is 9.13. The van der Waals surface area contributed by atoms with Gasteiger partial charge in [-0.25, -0.2) is 0 Å². The number of rotatable bonds is 3. The molecule has 116 valence electrons. The Balaban J connectivity index is 2.13. The Labute approximate surface area is 119 Å². The Bertz CT molecular complexity index is 490. The first-order valence-corrected chi connectivity index (χ1v) is 8.15. The molecule has 20 heavy (non-hydrogen) atoms. The summed E-state index contributed by atoms with van der Waals surface area (Å²) < 4.78 is 33.4. The third kappa shape index (κ3) is 2.98. The van der Waals surface area contributed by atoms with E-state index in [1.165, 1.54) is 8.61 Å². The molecule has 2 saturated heterocycles. The lowest BCUT2D eigenvalue weighted by Gasteiger charge is -2.38. The van der Waals surface area contributed by atoms with Crippen LogP contribution in [0.5, 0.6) is 0 Å². The van der Waals surface area contributed by atoms with Crippen LogP contribution in [0, 0.1) is 11.8 Å². The summed E-state index contributed by atoms with van der Waals surface area (Å²) >= 11 is 0. The van der Waals surface area contributed by atoms with E-state index in [1.807, 2.05) is 13.8 Å². The van der Waals surface area contributed by atoms with Crippen molar-refractivity contribution in [2.75, 3.05) is 32.8 Å². The van der Waals surface area contributed by atoms with E-state index in [1.54, 1.807) is 6.92 Å². The SMILES string of the molecule is C[C@@H]1CN(S(=O)(=O)N2CCOC(C)(C)C2)C[C@H]1C(=O)O. The number of ether oxygens (including phenoxy) is 1. The van der Waals surface area contributed by atoms with Gasteiger partial charge in [0.1, 0.15) is 0 Å². The average Bonchev–Trinajstić information content (AvgIpc) is 2.70. The Hall–Kier alpha value is -0.700. The lowest BCUT2D eigenvalue weighted by molar-refractivity contribution is -0.142. The Morgan fingerprint density at radius 2 is 1.95 bits per heavy atom. The molecule has 0 amide bonds. The van der Waals surface area contributed by atoms with Gasteiger partial charge in [-0.1, -0.05) is 6.92 Å². The molecule has 0 aliphatic carbocycles. The molecule has 0 bridgehead atoms. The van der Waals surface area contributed by atoms with Crippen LogP contribution in [0.15, 0.2) is 0 Å². The van der Waals surface area contributed by atoms with Gasteiger partial charge in [0.05, 0.1) is 18.1 Å². The van der Waals surface area contributed by atoms with E-state index in [9.17, 15) is 13.2 Å². The second-order valence-electron chi connectivity index (χ2n) is 6.19. The summed E-state index contributed by atoms with van der Waals surface area (Å²) in [5.74, 6) is -1.73. The van der Waals surface area contributed by atoms with Crippen LogP contribution in [0.3, 0.4) is 0 Å². The smallest absolute Gasteiger partial charge is 0.308 e. The molecule has 0 aromatic carbocycles. The highest BCUT2D eigenvalue weighted by Crippen LogP contribution is 2.28. The average molecular weight is 306 g/mol. The van der Waals surface area contributed by atoms with Gasteiger partial charge in [-0.2, -0.15) is 17.0 Å². The zero-order valence-electron chi connectivity index (χ0n) is 12.1. The normalized spacial score (nSPS) is 32.4. The van der Waals surface area contributed by atoms with Crippen molar-refractivity contribution < 1.29 is 23.1 Å². The number of carboxylic acid groups (broad SMARTS) is 1. The first kappa shape index (κ1) is 15.7. The maximum Gasteiger partial charge on any atom is 0.308 e. The zero-order valence-corrected chi connectivity index (χ0v) is 12.9. The molecular formula is C12H22N2O5S. The summed E-state index contributed by atoms with van der Waals surface area (Å²) in [6, 6.07) is 0. The predicted octanol–water partition coefficient (Wildman–Crippen LogP) is -0.00550. The van der Waals surface area contributed by atoms with Crippen LogP contribution >= 0.6 is 0 Å². The van der Waals surface area contributed by atoms with E-state index in [0.717, 1.165) is 0 Å². The van der Waals surface area contributed by atoms with E-state index in [2.05, 4.69) is 0 Å². The van der Waals surface area contributed by atoms with Gasteiger partial charge in [0.15, 0.2) is 0 Å². The Morgan fingerprint density at radius 3 is 2.45 bits per heavy atom. The van der Waals surface area contributed by atoms with E-state index in [4.69, 9.17) is 9.84 Å². The van der Waals surface area contributed by atoms with Gasteiger partial charge in [0.25, 0.3) is 10.2 Å². The van der Waals surface area contributed by atoms with Gasteiger partial charge < -0.3 is 9.84 Å². The second kappa shape index (κ2) is 5.25. The van der Waals surface area contributed by atoms with Crippen molar-refractivity contribution in [3.8, 4) is 0 Å². The van der Waals surface area contributed by atoms with Crippen molar-refractivity contribution in [2.45, 2.75) is 26.4 Å². The molecule has 2 heterocycles. The molecule has 0 spiro atoms. The van der Waals surface area contributed by atoms with Crippen molar-refractivity contribution in [3.63, 3.8) is 0 Å². The van der Waals surface area contributed by atoms with Crippen LogP contribution in [-0.2, 0) is 19.7 Å². The molecule has 7 nitrogen and oxygen atoms in total. The van der Waals surface area contributed by atoms with Crippen LogP contribution in [-0.4, -0.2) is 66.5 Å². The van der Waals surface area contributed by atoms with Crippen molar-refractivity contribution >= 4 is 16.2 Å². The number of hydrogen-bond donors (Lipinski definition) is 1. The van der Waals surface area contributed by atoms with Gasteiger partial charge in [-0.05, 0) is 19.8 Å². The summed E-state index contributed by atoms with van der Waals surface area (Å²) in [5.41, 5.74) is -0.511. The van der Waals surface area contributed by atoms with E-state index in [0.29, 0.717) is 13.2 Å². The second-order valence-corrected chi connectivity index (χ2v) is 8.12. The third-order valence-corrected chi connectivity index (χ3v) is 5.85. The lowest BCUT2D eigenvalue weighted by atomic mass is 9.99. The number of carbonyl (C=O) groups is 1. The van der Waals surface area contributed by atoms with Gasteiger partial charge in [-0.15, -0.1) is 0 Å². The molecule has 0 aromatic heterocycles. The number of morpholine rings is 1. The van der Waals surface area contributed by atoms with Gasteiger partial charge in [0.2, 0.25) is 0 Å². The van der Waals surface area contributed by atoms with Crippen molar-refractivity contribution in [1.82, 2.24) is 8.61 Å². The van der Waals surface area contributed by atoms with Gasteiger partial charge in [-0.3, -0.25) is 4.79 Å². The molecule has 2 aliphatic rings. The largest absolute Gasteiger partial charge is 0.481 e. The highest BCUT2D eigenvalue weighted by Gasteiger charge is 2.44. The van der Waals surface area contributed by atoms with Crippen LogP contribution in [0.1, 0.15) is 20.8 Å². The van der Waals surface area contributed by atoms with E-state index in [-0.39, 0.29) is 25.6 Å². The fourth-order valence-electron chi connectivity index (χ4n) is 2.77. The minimum absolute atomic E-state index is 0.0522. The summed E-state index contributed by atoms with van der Waals surface area (Å²) in [6.45, 7) is 6.75. The summed E-state index contributed by atoms with van der Waals surface area (Å²) in [5, 5.41) is 9.11. The lowest BCUT2D eigenvalue weighted by Crippen LogP contribution is -2.54. The first-order valence-electron chi connectivity index (χ1n) is 6.75. The maximum absolute atomic E-state index is 12.6. The summed E-state index contributed by atoms with van der Waals surface area (Å²) in [4.78, 5) is 11.1. The molecule has 2 aliphatic heterocycles. The number of aliphatic carboxylic acids is 1. The maximum atomic E-state index is 12.6. The van der Waals surface area contributed by atoms with Crippen molar-refractivity contribution in [2.24, 2.45) is 11.8 Å². The molecule has 1 N–H and O–H groups in total. The molecule has 2 rings (SSSR count). The Morgan fingerprint density at radius 1 is 1.30 bits per heavy atom. The van der Waals surface area contributed by atoms with Crippen LogP contribution in [0.4, 0.5) is 0 Å². The topological polar surface area (TPSA) is 87.2 Å². The Kier molecular flexibility index (Phi) is 4.12. The molecule has 0 saturated carbocycles. The number of nitrogens with zero attached hydrogens (tertiary/aromatic N) is 2. The fourth-order valence-corrected chi connectivity index (χ4v) is 4.64. The van der Waals surface area contributed by atoms with Crippen LogP contribution in [0.2, 0.25) is 0 Å². The predicted molar refractivity (Wildman–Crippen MR) is 72.4 cm³/mol. The standard InChI is InChI=1S/C12H22N2O5S/c1-9-6-14(7-10(9)11(15)16)20(17,18)13-4-5-19-12(2,3)8-13/h9-10H,4-8H2,1-3H3,(H,15,16)/t9-,10-/m1/s1.